The van der Waals surface area contributed by atoms with Crippen molar-refractivity contribution in [2.24, 2.45) is 5.41 Å². The highest BCUT2D eigenvalue weighted by atomic mass is 32.1. The fourth-order valence-electron chi connectivity index (χ4n) is 5.09. The summed E-state index contributed by atoms with van der Waals surface area (Å²) in [6.45, 7) is 10.4. The van der Waals surface area contributed by atoms with Gasteiger partial charge in [-0.15, -0.1) is 11.3 Å². The number of fused-ring (bicyclic) bond motifs is 1. The number of hydrogen-bond donors (Lipinski definition) is 3. The van der Waals surface area contributed by atoms with Crippen LogP contribution in [0, 0.1) is 5.41 Å². The summed E-state index contributed by atoms with van der Waals surface area (Å²) in [5.74, 6) is 0.792. The van der Waals surface area contributed by atoms with Crippen LogP contribution < -0.4 is 10.6 Å². The molecule has 216 valence electrons. The Kier molecular flexibility index (Phi) is 8.67. The lowest BCUT2D eigenvalue weighted by Crippen LogP contribution is -2.31. The first-order valence-electron chi connectivity index (χ1n) is 13.8. The number of likely N-dealkylation sites (tertiary alicyclic amines) is 1. The zero-order valence-corrected chi connectivity index (χ0v) is 24.2. The monoisotopic (exact) mass is 576 g/mol. The summed E-state index contributed by atoms with van der Waals surface area (Å²) < 4.78 is 7.50. The fraction of sp³-hybridized carbons (Fsp3) is 0.400. The second-order valence-corrected chi connectivity index (χ2v) is 12.2. The molecule has 0 spiro atoms. The van der Waals surface area contributed by atoms with Gasteiger partial charge in [0.1, 0.15) is 0 Å². The number of hydrogen-bond acceptors (Lipinski definition) is 8. The van der Waals surface area contributed by atoms with E-state index in [1.54, 1.807) is 12.3 Å². The molecule has 4 heterocycles. The zero-order valence-electron chi connectivity index (χ0n) is 23.4. The normalized spacial score (nSPS) is 16.1. The molecule has 3 aromatic heterocycles. The first-order chi connectivity index (χ1) is 19.8. The summed E-state index contributed by atoms with van der Waals surface area (Å²) in [5.41, 5.74) is 2.57. The van der Waals surface area contributed by atoms with E-state index in [4.69, 9.17) is 9.40 Å². The van der Waals surface area contributed by atoms with Crippen LogP contribution in [0.3, 0.4) is 0 Å². The molecule has 3 N–H and O–H groups in total. The average molecular weight is 577 g/mol. The van der Waals surface area contributed by atoms with E-state index < -0.39 is 0 Å². The van der Waals surface area contributed by atoms with Crippen LogP contribution in [0.2, 0.25) is 0 Å². The SMILES string of the molecule is C=CC(=O)N1CCC[C@@H](n2c(NC(=O)c3ccc(-c4cnco4)s3)nc3cc(CNCC(C)(C)CO)ccc32)CC1. The molecule has 1 aromatic carbocycles. The van der Waals surface area contributed by atoms with Crippen molar-refractivity contribution in [2.45, 2.75) is 45.7 Å². The smallest absolute Gasteiger partial charge is 0.268 e. The number of oxazole rings is 1. The Hall–Kier alpha value is -3.80. The van der Waals surface area contributed by atoms with Crippen molar-refractivity contribution >= 4 is 40.1 Å². The van der Waals surface area contributed by atoms with Crippen LogP contribution in [0.1, 0.15) is 54.4 Å². The van der Waals surface area contributed by atoms with E-state index in [9.17, 15) is 14.7 Å². The van der Waals surface area contributed by atoms with Crippen LogP contribution in [0.4, 0.5) is 5.95 Å². The van der Waals surface area contributed by atoms with Gasteiger partial charge in [0.2, 0.25) is 11.9 Å². The van der Waals surface area contributed by atoms with Crippen LogP contribution in [0.5, 0.6) is 0 Å². The first-order valence-corrected chi connectivity index (χ1v) is 14.6. The quantitative estimate of drug-likeness (QED) is 0.230. The van der Waals surface area contributed by atoms with Gasteiger partial charge in [-0.3, -0.25) is 14.9 Å². The summed E-state index contributed by atoms with van der Waals surface area (Å²) in [6, 6.07) is 9.83. The average Bonchev–Trinajstić information content (AvgIpc) is 3.70. The van der Waals surface area contributed by atoms with E-state index in [0.29, 0.717) is 42.8 Å². The lowest BCUT2D eigenvalue weighted by Gasteiger charge is -2.22. The Bertz CT molecular complexity index is 1520. The Balaban J connectivity index is 1.43. The standard InChI is InChI=1S/C30H36N6O4S/c1-4-27(38)35-12-5-6-21(11-13-35)36-23-8-7-20(15-31-17-30(2,3)18-37)14-22(23)33-29(36)34-28(39)26-10-9-25(41-26)24-16-32-19-40-24/h4,7-10,14,16,19,21,31,37H,1,5-6,11-13,15,17-18H2,2-3H3,(H,33,34,39)/t21-/m1/s1. The van der Waals surface area contributed by atoms with Crippen LogP contribution in [0.25, 0.3) is 21.7 Å². The highest BCUT2D eigenvalue weighted by molar-refractivity contribution is 7.17. The molecule has 10 nitrogen and oxygen atoms in total. The number of rotatable bonds is 10. The van der Waals surface area contributed by atoms with Gasteiger partial charge >= 0.3 is 0 Å². The van der Waals surface area contributed by atoms with Gasteiger partial charge in [0.15, 0.2) is 12.2 Å². The van der Waals surface area contributed by atoms with Gasteiger partial charge in [0.25, 0.3) is 5.91 Å². The third-order valence-electron chi connectivity index (χ3n) is 7.39. The van der Waals surface area contributed by atoms with Gasteiger partial charge in [0, 0.05) is 44.2 Å². The molecule has 0 bridgehead atoms. The number of carbonyl (C=O) groups excluding carboxylic acids is 2. The number of thiophene rings is 1. The van der Waals surface area contributed by atoms with Crippen LogP contribution in [-0.4, -0.2) is 62.6 Å². The third kappa shape index (κ3) is 6.58. The third-order valence-corrected chi connectivity index (χ3v) is 8.49. The number of aliphatic hydroxyl groups excluding tert-OH is 1. The maximum absolute atomic E-state index is 13.4. The van der Waals surface area contributed by atoms with Crippen molar-refractivity contribution in [1.82, 2.24) is 24.8 Å². The second-order valence-electron chi connectivity index (χ2n) is 11.2. The number of aliphatic hydroxyl groups is 1. The van der Waals surface area contributed by atoms with Gasteiger partial charge in [-0.25, -0.2) is 9.97 Å². The largest absolute Gasteiger partial charge is 0.443 e. The highest BCUT2D eigenvalue weighted by Crippen LogP contribution is 2.33. The van der Waals surface area contributed by atoms with Crippen molar-refractivity contribution in [3.8, 4) is 10.6 Å². The molecular formula is C30H36N6O4S. The Morgan fingerprint density at radius 1 is 1.24 bits per heavy atom. The summed E-state index contributed by atoms with van der Waals surface area (Å²) in [7, 11) is 0. The molecular weight excluding hydrogens is 540 g/mol. The minimum Gasteiger partial charge on any atom is -0.443 e. The van der Waals surface area contributed by atoms with Gasteiger partial charge in [-0.05, 0) is 55.2 Å². The van der Waals surface area contributed by atoms with E-state index in [1.807, 2.05) is 30.9 Å². The maximum atomic E-state index is 13.4. The van der Waals surface area contributed by atoms with Crippen LogP contribution in [-0.2, 0) is 11.3 Å². The molecule has 11 heteroatoms. The Labute approximate surface area is 243 Å². The lowest BCUT2D eigenvalue weighted by atomic mass is 9.95. The molecule has 1 fully saturated rings. The summed E-state index contributed by atoms with van der Waals surface area (Å²) in [4.78, 5) is 37.7. The number of amides is 2. The van der Waals surface area contributed by atoms with Crippen LogP contribution >= 0.6 is 11.3 Å². The van der Waals surface area contributed by atoms with E-state index in [-0.39, 0.29) is 29.9 Å². The number of benzene rings is 1. The molecule has 1 atom stereocenters. The highest BCUT2D eigenvalue weighted by Gasteiger charge is 2.26. The molecule has 1 saturated heterocycles. The van der Waals surface area contributed by atoms with E-state index >= 15 is 0 Å². The molecule has 1 aliphatic rings. The van der Waals surface area contributed by atoms with Crippen LogP contribution in [0.15, 0.2) is 60.0 Å². The molecule has 41 heavy (non-hydrogen) atoms. The van der Waals surface area contributed by atoms with Crippen molar-refractivity contribution in [1.29, 1.82) is 0 Å². The predicted molar refractivity (Wildman–Crippen MR) is 160 cm³/mol. The van der Waals surface area contributed by atoms with Crippen molar-refractivity contribution in [3.05, 3.63) is 66.0 Å². The van der Waals surface area contributed by atoms with Gasteiger partial charge in [-0.1, -0.05) is 26.5 Å². The van der Waals surface area contributed by atoms with Gasteiger partial charge in [-0.2, -0.15) is 0 Å². The van der Waals surface area contributed by atoms with Gasteiger partial charge < -0.3 is 24.3 Å². The van der Waals surface area contributed by atoms with E-state index in [2.05, 4.69) is 38.9 Å². The number of anilines is 1. The minimum absolute atomic E-state index is 0.0559. The molecule has 4 aromatic rings. The topological polar surface area (TPSA) is 126 Å². The maximum Gasteiger partial charge on any atom is 0.268 e. The molecule has 2 amide bonds. The van der Waals surface area contributed by atoms with Crippen molar-refractivity contribution < 1.29 is 19.1 Å². The number of carbonyl (C=O) groups is 2. The van der Waals surface area contributed by atoms with E-state index in [1.165, 1.54) is 23.8 Å². The van der Waals surface area contributed by atoms with Gasteiger partial charge in [0.05, 0.1) is 27.0 Å². The zero-order chi connectivity index (χ0) is 29.0. The number of nitrogens with one attached hydrogen (secondary N) is 2. The molecule has 0 radical (unpaired) electrons. The number of nitrogens with zero attached hydrogens (tertiary/aromatic N) is 4. The molecule has 1 aliphatic heterocycles. The molecule has 0 unspecified atom stereocenters. The molecule has 0 saturated carbocycles. The summed E-state index contributed by atoms with van der Waals surface area (Å²) >= 11 is 1.33. The Morgan fingerprint density at radius 3 is 2.85 bits per heavy atom. The van der Waals surface area contributed by atoms with Crippen molar-refractivity contribution in [2.75, 3.05) is 31.6 Å². The molecule has 5 rings (SSSR count). The van der Waals surface area contributed by atoms with Crippen molar-refractivity contribution in [3.63, 3.8) is 0 Å². The molecule has 0 aliphatic carbocycles. The number of aromatic nitrogens is 3. The minimum atomic E-state index is -0.248. The lowest BCUT2D eigenvalue weighted by molar-refractivity contribution is -0.125. The second kappa shape index (κ2) is 12.4. The predicted octanol–water partition coefficient (Wildman–Crippen LogP) is 4.85. The Morgan fingerprint density at radius 2 is 2.10 bits per heavy atom. The number of imidazole rings is 1. The fourth-order valence-corrected chi connectivity index (χ4v) is 5.95. The van der Waals surface area contributed by atoms with E-state index in [0.717, 1.165) is 40.7 Å². The summed E-state index contributed by atoms with van der Waals surface area (Å²) in [6.07, 6.45) is 6.78. The first kappa shape index (κ1) is 28.7. The summed E-state index contributed by atoms with van der Waals surface area (Å²) in [5, 5.41) is 16.0.